The zero-order chi connectivity index (χ0) is 23.0. The van der Waals surface area contributed by atoms with Gasteiger partial charge in [0.25, 0.3) is 5.91 Å². The molecule has 174 valence electrons. The largest absolute Gasteiger partial charge is 0.467 e. The van der Waals surface area contributed by atoms with Crippen LogP contribution in [0.3, 0.4) is 0 Å². The van der Waals surface area contributed by atoms with E-state index in [2.05, 4.69) is 35.9 Å². The number of furan rings is 1. The summed E-state index contributed by atoms with van der Waals surface area (Å²) in [6, 6.07) is 7.63. The average molecular weight is 468 g/mol. The quantitative estimate of drug-likeness (QED) is 0.546. The van der Waals surface area contributed by atoms with Gasteiger partial charge in [-0.25, -0.2) is 5.01 Å². The van der Waals surface area contributed by atoms with Gasteiger partial charge in [-0.05, 0) is 49.5 Å². The molecule has 1 amide bonds. The molecule has 0 aromatic carbocycles. The summed E-state index contributed by atoms with van der Waals surface area (Å²) < 4.78 is 11.6. The van der Waals surface area contributed by atoms with Gasteiger partial charge in [-0.1, -0.05) is 26.8 Å². The molecule has 1 unspecified atom stereocenters. The SMILES string of the molecule is CC(C)(C)c1nnc(C2CCN(CC(=O)N3N=C(c4cccs4)CC3c3ccco3)CC2)o1. The van der Waals surface area contributed by atoms with Crippen LogP contribution in [0.15, 0.2) is 49.8 Å². The first-order valence-corrected chi connectivity index (χ1v) is 12.3. The number of carbonyl (C=O) groups is 1. The number of amides is 1. The van der Waals surface area contributed by atoms with Gasteiger partial charge in [-0.15, -0.1) is 21.5 Å². The molecular formula is C24H29N5O3S. The molecule has 0 bridgehead atoms. The van der Waals surface area contributed by atoms with Crippen molar-refractivity contribution in [3.63, 3.8) is 0 Å². The van der Waals surface area contributed by atoms with Crippen molar-refractivity contribution >= 4 is 23.0 Å². The summed E-state index contributed by atoms with van der Waals surface area (Å²) in [5, 5.41) is 16.9. The van der Waals surface area contributed by atoms with Crippen molar-refractivity contribution in [1.29, 1.82) is 0 Å². The van der Waals surface area contributed by atoms with Gasteiger partial charge in [0.15, 0.2) is 0 Å². The molecule has 8 nitrogen and oxygen atoms in total. The Kier molecular flexibility index (Phi) is 5.92. The minimum absolute atomic E-state index is 0.00536. The normalized spacial score (nSPS) is 20.4. The maximum atomic E-state index is 13.3. The van der Waals surface area contributed by atoms with Crippen LogP contribution >= 0.6 is 11.3 Å². The van der Waals surface area contributed by atoms with Crippen LogP contribution in [0.2, 0.25) is 0 Å². The second kappa shape index (κ2) is 8.87. The minimum Gasteiger partial charge on any atom is -0.467 e. The molecule has 9 heteroatoms. The molecule has 5 rings (SSSR count). The van der Waals surface area contributed by atoms with Crippen molar-refractivity contribution in [3.8, 4) is 0 Å². The molecule has 2 aliphatic rings. The highest BCUT2D eigenvalue weighted by Gasteiger charge is 2.36. The Hall–Kier alpha value is -2.78. The second-order valence-corrected chi connectivity index (χ2v) is 10.7. The van der Waals surface area contributed by atoms with E-state index in [9.17, 15) is 4.79 Å². The number of hydrazone groups is 1. The number of thiophene rings is 1. The molecule has 5 heterocycles. The summed E-state index contributed by atoms with van der Waals surface area (Å²) in [5.74, 6) is 2.39. The smallest absolute Gasteiger partial charge is 0.257 e. The molecular weight excluding hydrogens is 438 g/mol. The van der Waals surface area contributed by atoms with Crippen molar-refractivity contribution < 1.29 is 13.6 Å². The molecule has 0 spiro atoms. The van der Waals surface area contributed by atoms with Crippen LogP contribution in [0.25, 0.3) is 0 Å². The zero-order valence-corrected chi connectivity index (χ0v) is 20.0. The number of likely N-dealkylation sites (tertiary alicyclic amines) is 1. The first-order valence-electron chi connectivity index (χ1n) is 11.4. The van der Waals surface area contributed by atoms with Crippen LogP contribution < -0.4 is 0 Å². The number of hydrogen-bond donors (Lipinski definition) is 0. The van der Waals surface area contributed by atoms with Gasteiger partial charge in [0.2, 0.25) is 11.8 Å². The Balaban J connectivity index is 1.23. The first-order chi connectivity index (χ1) is 15.9. The van der Waals surface area contributed by atoms with Gasteiger partial charge in [0, 0.05) is 17.8 Å². The lowest BCUT2D eigenvalue weighted by molar-refractivity contribution is -0.134. The summed E-state index contributed by atoms with van der Waals surface area (Å²) in [6.45, 7) is 8.16. The minimum atomic E-state index is -0.198. The topological polar surface area (TPSA) is 88.0 Å². The highest BCUT2D eigenvalue weighted by Crippen LogP contribution is 2.35. The van der Waals surface area contributed by atoms with E-state index in [1.54, 1.807) is 22.6 Å². The summed E-state index contributed by atoms with van der Waals surface area (Å²) >= 11 is 1.64. The Bertz CT molecular complexity index is 1110. The van der Waals surface area contributed by atoms with Crippen molar-refractivity contribution in [1.82, 2.24) is 20.1 Å². The van der Waals surface area contributed by atoms with Crippen molar-refractivity contribution in [2.45, 2.75) is 57.4 Å². The van der Waals surface area contributed by atoms with Crippen LogP contribution in [0.4, 0.5) is 0 Å². The predicted molar refractivity (Wildman–Crippen MR) is 125 cm³/mol. The van der Waals surface area contributed by atoms with E-state index in [0.29, 0.717) is 24.7 Å². The van der Waals surface area contributed by atoms with Gasteiger partial charge in [0.05, 0.1) is 23.4 Å². The van der Waals surface area contributed by atoms with E-state index in [4.69, 9.17) is 13.9 Å². The van der Waals surface area contributed by atoms with E-state index in [0.717, 1.165) is 42.3 Å². The summed E-state index contributed by atoms with van der Waals surface area (Å²) in [7, 11) is 0. The Morgan fingerprint density at radius 3 is 2.64 bits per heavy atom. The lowest BCUT2D eigenvalue weighted by Gasteiger charge is -2.31. The van der Waals surface area contributed by atoms with Gasteiger partial charge < -0.3 is 8.83 Å². The third kappa shape index (κ3) is 4.65. The summed E-state index contributed by atoms with van der Waals surface area (Å²) in [5.41, 5.74) is 0.783. The zero-order valence-electron chi connectivity index (χ0n) is 19.2. The molecule has 1 saturated heterocycles. The van der Waals surface area contributed by atoms with E-state index in [1.807, 2.05) is 29.6 Å². The van der Waals surface area contributed by atoms with Gasteiger partial charge in [0.1, 0.15) is 11.8 Å². The van der Waals surface area contributed by atoms with Crippen LogP contribution in [-0.4, -0.2) is 51.4 Å². The Morgan fingerprint density at radius 1 is 1.18 bits per heavy atom. The molecule has 3 aromatic rings. The average Bonchev–Trinajstić information content (AvgIpc) is 3.59. The van der Waals surface area contributed by atoms with Gasteiger partial charge >= 0.3 is 0 Å². The maximum absolute atomic E-state index is 13.3. The molecule has 0 saturated carbocycles. The van der Waals surface area contributed by atoms with E-state index < -0.39 is 0 Å². The van der Waals surface area contributed by atoms with E-state index >= 15 is 0 Å². The second-order valence-electron chi connectivity index (χ2n) is 9.74. The number of hydrogen-bond acceptors (Lipinski definition) is 8. The molecule has 33 heavy (non-hydrogen) atoms. The fourth-order valence-electron chi connectivity index (χ4n) is 4.34. The molecule has 0 aliphatic carbocycles. The number of carbonyl (C=O) groups excluding carboxylic acids is 1. The van der Waals surface area contributed by atoms with Crippen LogP contribution in [0.5, 0.6) is 0 Å². The number of aromatic nitrogens is 2. The number of nitrogens with zero attached hydrogens (tertiary/aromatic N) is 5. The fraction of sp³-hybridized carbons (Fsp3) is 0.500. The number of rotatable bonds is 5. The molecule has 1 fully saturated rings. The van der Waals surface area contributed by atoms with Crippen LogP contribution in [0, 0.1) is 0 Å². The third-order valence-electron chi connectivity index (χ3n) is 6.22. The molecule has 3 aromatic heterocycles. The first kappa shape index (κ1) is 22.0. The number of piperidine rings is 1. The fourth-order valence-corrected chi connectivity index (χ4v) is 5.06. The van der Waals surface area contributed by atoms with Gasteiger partial charge in [-0.2, -0.15) is 5.10 Å². The Morgan fingerprint density at radius 2 is 2.00 bits per heavy atom. The molecule has 0 N–H and O–H groups in total. The molecule has 1 atom stereocenters. The van der Waals surface area contributed by atoms with E-state index in [-0.39, 0.29) is 23.3 Å². The molecule has 0 radical (unpaired) electrons. The lowest BCUT2D eigenvalue weighted by Crippen LogP contribution is -2.41. The van der Waals surface area contributed by atoms with Crippen LogP contribution in [0.1, 0.15) is 74.4 Å². The van der Waals surface area contributed by atoms with Crippen molar-refractivity contribution in [2.75, 3.05) is 19.6 Å². The highest BCUT2D eigenvalue weighted by molar-refractivity contribution is 7.12. The summed E-state index contributed by atoms with van der Waals surface area (Å²) in [6.07, 6.45) is 4.10. The van der Waals surface area contributed by atoms with Crippen molar-refractivity contribution in [3.05, 3.63) is 58.3 Å². The Labute approximate surface area is 197 Å². The molecule has 2 aliphatic heterocycles. The van der Waals surface area contributed by atoms with E-state index in [1.165, 1.54) is 0 Å². The highest BCUT2D eigenvalue weighted by atomic mass is 32.1. The third-order valence-corrected chi connectivity index (χ3v) is 7.14. The standard InChI is InChI=1S/C24H29N5O3S/c1-24(2,3)23-26-25-22(32-23)16-8-10-28(11-9-16)15-21(30)29-18(19-6-4-12-31-19)14-17(27-29)20-7-5-13-33-20/h4-7,12-13,16,18H,8-11,14-15H2,1-3H3. The monoisotopic (exact) mass is 467 g/mol. The lowest BCUT2D eigenvalue weighted by atomic mass is 9.96. The summed E-state index contributed by atoms with van der Waals surface area (Å²) in [4.78, 5) is 16.6. The van der Waals surface area contributed by atoms with Gasteiger partial charge in [-0.3, -0.25) is 9.69 Å². The van der Waals surface area contributed by atoms with Crippen LogP contribution in [-0.2, 0) is 10.2 Å². The predicted octanol–water partition coefficient (Wildman–Crippen LogP) is 4.58. The van der Waals surface area contributed by atoms with Crippen molar-refractivity contribution in [2.24, 2.45) is 5.10 Å². The maximum Gasteiger partial charge on any atom is 0.257 e.